The van der Waals surface area contributed by atoms with E-state index in [-0.39, 0.29) is 10.8 Å². The number of rotatable bonds is 4. The van der Waals surface area contributed by atoms with Crippen molar-refractivity contribution >= 4 is 32.7 Å². The maximum atomic E-state index is 6.25. The molecular weight excluding hydrogens is 599 g/mol. The highest BCUT2D eigenvalue weighted by atomic mass is 16.3. The molecule has 0 fully saturated rings. The van der Waals surface area contributed by atoms with Gasteiger partial charge in [-0.1, -0.05) is 131 Å². The van der Waals surface area contributed by atoms with Crippen LogP contribution < -0.4 is 0 Å². The van der Waals surface area contributed by atoms with Crippen molar-refractivity contribution in [2.24, 2.45) is 0 Å². The van der Waals surface area contributed by atoms with E-state index < -0.39 is 0 Å². The summed E-state index contributed by atoms with van der Waals surface area (Å²) in [6.07, 6.45) is 2.38. The van der Waals surface area contributed by atoms with Crippen molar-refractivity contribution in [2.75, 3.05) is 0 Å². The maximum absolute atomic E-state index is 6.25. The molecule has 1 aliphatic rings. The number of hydrogen-bond donors (Lipinski definition) is 0. The molecule has 0 atom stereocenters. The van der Waals surface area contributed by atoms with Gasteiger partial charge in [0, 0.05) is 27.5 Å². The van der Waals surface area contributed by atoms with Gasteiger partial charge in [0.1, 0.15) is 11.2 Å². The summed E-state index contributed by atoms with van der Waals surface area (Å²) >= 11 is 0. The summed E-state index contributed by atoms with van der Waals surface area (Å²) in [5.41, 5.74) is 10.1. The molecule has 4 heteroatoms. The fourth-order valence-electron chi connectivity index (χ4n) is 7.65. The smallest absolute Gasteiger partial charge is 0.164 e. The molecule has 0 unspecified atom stereocenters. The van der Waals surface area contributed by atoms with E-state index in [0.717, 1.165) is 49.6 Å². The van der Waals surface area contributed by atoms with Crippen LogP contribution in [-0.4, -0.2) is 15.0 Å². The lowest BCUT2D eigenvalue weighted by atomic mass is 9.63. The maximum Gasteiger partial charge on any atom is 0.164 e. The first-order valence-corrected chi connectivity index (χ1v) is 17.2. The van der Waals surface area contributed by atoms with Crippen LogP contribution in [0.2, 0.25) is 0 Å². The molecule has 49 heavy (non-hydrogen) atoms. The van der Waals surface area contributed by atoms with E-state index >= 15 is 0 Å². The van der Waals surface area contributed by atoms with E-state index in [1.165, 1.54) is 34.9 Å². The lowest BCUT2D eigenvalue weighted by molar-refractivity contribution is 0.332. The Labute approximate surface area is 286 Å². The van der Waals surface area contributed by atoms with Crippen LogP contribution in [-0.2, 0) is 10.8 Å². The molecule has 0 bridgehead atoms. The lowest BCUT2D eigenvalue weighted by Gasteiger charge is -2.42. The van der Waals surface area contributed by atoms with Gasteiger partial charge in [-0.15, -0.1) is 0 Å². The van der Waals surface area contributed by atoms with Gasteiger partial charge in [0.15, 0.2) is 17.5 Å². The second-order valence-corrected chi connectivity index (χ2v) is 14.8. The van der Waals surface area contributed by atoms with Crippen molar-refractivity contribution in [2.45, 2.75) is 51.4 Å². The first-order chi connectivity index (χ1) is 23.7. The molecule has 0 amide bonds. The fourth-order valence-corrected chi connectivity index (χ4v) is 7.65. The molecule has 0 aliphatic heterocycles. The number of furan rings is 1. The minimum atomic E-state index is 0.134. The van der Waals surface area contributed by atoms with Crippen LogP contribution in [0.5, 0.6) is 0 Å². The van der Waals surface area contributed by atoms with Crippen LogP contribution >= 0.6 is 0 Å². The zero-order valence-corrected chi connectivity index (χ0v) is 28.3. The SMILES string of the molecule is CC1(C)CCC(C)(C)c2cc(-c3cccc(-c4nc(-c5ccc6ccccc6c5)nc(-c5cccc6oc7ccccc7c56)n4)c3)ccc21. The van der Waals surface area contributed by atoms with Crippen molar-refractivity contribution in [1.29, 1.82) is 0 Å². The number of hydrogen-bond acceptors (Lipinski definition) is 4. The third kappa shape index (κ3) is 5.02. The highest BCUT2D eigenvalue weighted by Gasteiger charge is 2.37. The highest BCUT2D eigenvalue weighted by molar-refractivity contribution is 6.11. The van der Waals surface area contributed by atoms with Crippen LogP contribution in [0.1, 0.15) is 51.7 Å². The Morgan fingerprint density at radius 3 is 1.92 bits per heavy atom. The van der Waals surface area contributed by atoms with Gasteiger partial charge in [0.25, 0.3) is 0 Å². The standard InChI is InChI=1S/C45H37N3O/c1-44(2)23-24-45(3,4)37-27-31(21-22-36(37)44)30-13-9-14-32(26-30)41-46-42(33-20-19-28-11-5-6-12-29(28)25-33)48-43(47-41)35-16-10-18-39-40(35)34-15-7-8-17-38(34)49-39/h5-22,25-27H,23-24H2,1-4H3. The summed E-state index contributed by atoms with van der Waals surface area (Å²) < 4.78 is 6.25. The van der Waals surface area contributed by atoms with Crippen LogP contribution in [0, 0.1) is 0 Å². The van der Waals surface area contributed by atoms with Gasteiger partial charge in [-0.2, -0.15) is 0 Å². The number of aromatic nitrogens is 3. The minimum absolute atomic E-state index is 0.134. The zero-order chi connectivity index (χ0) is 33.3. The van der Waals surface area contributed by atoms with E-state index in [1.807, 2.05) is 30.3 Å². The molecule has 0 saturated heterocycles. The number of para-hydroxylation sites is 1. The van der Waals surface area contributed by atoms with Crippen LogP contribution in [0.3, 0.4) is 0 Å². The first kappa shape index (κ1) is 29.5. The molecule has 4 nitrogen and oxygen atoms in total. The quantitative estimate of drug-likeness (QED) is 0.193. The summed E-state index contributed by atoms with van der Waals surface area (Å²) in [6, 6.07) is 44.7. The first-order valence-electron chi connectivity index (χ1n) is 17.2. The third-order valence-electron chi connectivity index (χ3n) is 10.6. The average Bonchev–Trinajstić information content (AvgIpc) is 3.52. The number of benzene rings is 6. The third-order valence-corrected chi connectivity index (χ3v) is 10.6. The van der Waals surface area contributed by atoms with Crippen molar-refractivity contribution in [3.63, 3.8) is 0 Å². The van der Waals surface area contributed by atoms with Crippen molar-refractivity contribution in [3.05, 3.63) is 139 Å². The van der Waals surface area contributed by atoms with Gasteiger partial charge in [-0.25, -0.2) is 15.0 Å². The molecule has 1 aliphatic carbocycles. The summed E-state index contributed by atoms with van der Waals surface area (Å²) in [5, 5.41) is 4.38. The molecule has 238 valence electrons. The number of nitrogens with zero attached hydrogens (tertiary/aromatic N) is 3. The van der Waals surface area contributed by atoms with Gasteiger partial charge in [0.2, 0.25) is 0 Å². The second-order valence-electron chi connectivity index (χ2n) is 14.8. The second kappa shape index (κ2) is 11.0. The molecule has 0 N–H and O–H groups in total. The summed E-state index contributed by atoms with van der Waals surface area (Å²) in [5.74, 6) is 1.89. The van der Waals surface area contributed by atoms with Gasteiger partial charge in [-0.05, 0) is 81.0 Å². The van der Waals surface area contributed by atoms with Crippen molar-refractivity contribution in [1.82, 2.24) is 15.0 Å². The van der Waals surface area contributed by atoms with Gasteiger partial charge in [-0.3, -0.25) is 0 Å². The van der Waals surface area contributed by atoms with Gasteiger partial charge < -0.3 is 4.42 Å². The van der Waals surface area contributed by atoms with Crippen LogP contribution in [0.25, 0.3) is 78.0 Å². The van der Waals surface area contributed by atoms with Gasteiger partial charge in [0.05, 0.1) is 0 Å². The van der Waals surface area contributed by atoms with E-state index in [9.17, 15) is 0 Å². The Balaban J connectivity index is 1.23. The molecule has 8 aromatic rings. The molecule has 2 aromatic heterocycles. The summed E-state index contributed by atoms with van der Waals surface area (Å²) in [4.78, 5) is 15.5. The molecule has 0 spiro atoms. The molecule has 0 saturated carbocycles. The average molecular weight is 636 g/mol. The van der Waals surface area contributed by atoms with Crippen LogP contribution in [0.15, 0.2) is 132 Å². The Bertz CT molecular complexity index is 2570. The zero-order valence-electron chi connectivity index (χ0n) is 28.3. The number of fused-ring (bicyclic) bond motifs is 5. The Morgan fingerprint density at radius 2 is 1.08 bits per heavy atom. The molecular formula is C45H37N3O. The molecule has 9 rings (SSSR count). The lowest BCUT2D eigenvalue weighted by Crippen LogP contribution is -2.33. The molecule has 2 heterocycles. The predicted octanol–water partition coefficient (Wildman–Crippen LogP) is 11.9. The van der Waals surface area contributed by atoms with E-state index in [2.05, 4.69) is 125 Å². The van der Waals surface area contributed by atoms with Crippen LogP contribution in [0.4, 0.5) is 0 Å². The fraction of sp³-hybridized carbons (Fsp3) is 0.178. The summed E-state index contributed by atoms with van der Waals surface area (Å²) in [7, 11) is 0. The normalized spacial score (nSPS) is 15.1. The highest BCUT2D eigenvalue weighted by Crippen LogP contribution is 2.47. The van der Waals surface area contributed by atoms with E-state index in [0.29, 0.717) is 17.5 Å². The Morgan fingerprint density at radius 1 is 0.469 bits per heavy atom. The monoisotopic (exact) mass is 635 g/mol. The van der Waals surface area contributed by atoms with E-state index in [1.54, 1.807) is 0 Å². The predicted molar refractivity (Wildman–Crippen MR) is 202 cm³/mol. The van der Waals surface area contributed by atoms with Gasteiger partial charge >= 0.3 is 0 Å². The molecule has 0 radical (unpaired) electrons. The van der Waals surface area contributed by atoms with E-state index in [4.69, 9.17) is 19.4 Å². The summed E-state index contributed by atoms with van der Waals surface area (Å²) in [6.45, 7) is 9.51. The Kier molecular flexibility index (Phi) is 6.61. The topological polar surface area (TPSA) is 51.8 Å². The Hall–Kier alpha value is -5.61. The largest absolute Gasteiger partial charge is 0.456 e. The van der Waals surface area contributed by atoms with Crippen molar-refractivity contribution in [3.8, 4) is 45.3 Å². The minimum Gasteiger partial charge on any atom is -0.456 e. The van der Waals surface area contributed by atoms with Crippen molar-refractivity contribution < 1.29 is 4.42 Å². The molecule has 6 aromatic carbocycles.